The van der Waals surface area contributed by atoms with E-state index in [1.165, 1.54) is 11.3 Å². The summed E-state index contributed by atoms with van der Waals surface area (Å²) >= 11 is 1.46. The smallest absolute Gasteiger partial charge is 0.263 e. The second-order valence-electron chi connectivity index (χ2n) is 9.05. The van der Waals surface area contributed by atoms with E-state index in [1.54, 1.807) is 0 Å². The minimum Gasteiger partial charge on any atom is -0.351 e. The average Bonchev–Trinajstić information content (AvgIpc) is 2.98. The predicted molar refractivity (Wildman–Crippen MR) is 108 cm³/mol. The lowest BCUT2D eigenvalue weighted by Gasteiger charge is -2.39. The third-order valence-electron chi connectivity index (χ3n) is 5.48. The summed E-state index contributed by atoms with van der Waals surface area (Å²) in [6.45, 7) is 11.1. The lowest BCUT2D eigenvalue weighted by molar-refractivity contribution is -0.125. The Morgan fingerprint density at radius 1 is 1.19 bits per heavy atom. The van der Waals surface area contributed by atoms with E-state index in [4.69, 9.17) is 0 Å². The van der Waals surface area contributed by atoms with E-state index in [1.807, 2.05) is 34.6 Å². The van der Waals surface area contributed by atoms with Crippen LogP contribution >= 0.6 is 11.3 Å². The van der Waals surface area contributed by atoms with Gasteiger partial charge in [-0.1, -0.05) is 0 Å². The number of rotatable bonds is 5. The second-order valence-corrected chi connectivity index (χ2v) is 10.3. The molecule has 1 aromatic rings. The van der Waals surface area contributed by atoms with E-state index in [-0.39, 0.29) is 17.4 Å². The van der Waals surface area contributed by atoms with E-state index >= 15 is 0 Å². The molecule has 2 N–H and O–H groups in total. The highest BCUT2D eigenvalue weighted by Crippen LogP contribution is 2.38. The Balaban J connectivity index is 1.50. The Hall–Kier alpha value is -1.47. The number of piperidine rings is 1. The van der Waals surface area contributed by atoms with Crippen molar-refractivity contribution in [2.45, 2.75) is 77.9 Å². The topological polar surface area (TPSA) is 74.3 Å². The molecular weight excluding hydrogens is 360 g/mol. The number of aryl methyl sites for hydroxylation is 2. The number of carbonyl (C=O) groups excluding carboxylic acids is 2. The zero-order chi connectivity index (χ0) is 19.8. The largest absolute Gasteiger partial charge is 0.351 e. The summed E-state index contributed by atoms with van der Waals surface area (Å²) in [4.78, 5) is 32.2. The van der Waals surface area contributed by atoms with Crippen LogP contribution in [0.15, 0.2) is 0 Å². The third kappa shape index (κ3) is 5.08. The molecule has 0 spiro atoms. The fourth-order valence-corrected chi connectivity index (χ4v) is 5.33. The Labute approximate surface area is 166 Å². The van der Waals surface area contributed by atoms with Crippen LogP contribution in [0.4, 0.5) is 0 Å². The molecule has 3 rings (SSSR count). The van der Waals surface area contributed by atoms with Gasteiger partial charge >= 0.3 is 0 Å². The average molecular weight is 393 g/mol. The molecule has 2 saturated heterocycles. The number of hydrogen-bond acceptors (Lipinski definition) is 5. The van der Waals surface area contributed by atoms with Crippen molar-refractivity contribution in [1.29, 1.82) is 0 Å². The highest BCUT2D eigenvalue weighted by atomic mass is 32.1. The van der Waals surface area contributed by atoms with Gasteiger partial charge < -0.3 is 10.6 Å². The first-order valence-electron chi connectivity index (χ1n) is 9.91. The number of nitrogens with zero attached hydrogens (tertiary/aromatic N) is 2. The number of carbonyl (C=O) groups is 2. The molecule has 7 heteroatoms. The molecule has 1 unspecified atom stereocenters. The Morgan fingerprint density at radius 2 is 1.81 bits per heavy atom. The summed E-state index contributed by atoms with van der Waals surface area (Å²) in [5.74, 6) is 0.599. The Bertz CT molecular complexity index is 695. The molecule has 27 heavy (non-hydrogen) atoms. The minimum atomic E-state index is -0.189. The minimum absolute atomic E-state index is 0.00238. The molecule has 2 bridgehead atoms. The molecule has 2 aliphatic rings. The molecule has 0 aromatic carbocycles. The summed E-state index contributed by atoms with van der Waals surface area (Å²) in [6, 6.07) is 0.924. The maximum absolute atomic E-state index is 12.4. The molecule has 0 saturated carbocycles. The fourth-order valence-electron chi connectivity index (χ4n) is 4.49. The molecule has 3 heterocycles. The van der Waals surface area contributed by atoms with Crippen molar-refractivity contribution < 1.29 is 9.59 Å². The highest BCUT2D eigenvalue weighted by molar-refractivity contribution is 7.13. The molecule has 2 amide bonds. The lowest BCUT2D eigenvalue weighted by atomic mass is 9.90. The van der Waals surface area contributed by atoms with Crippen LogP contribution in [0.1, 0.15) is 66.8 Å². The number of thiazole rings is 1. The maximum atomic E-state index is 12.4. The third-order valence-corrected chi connectivity index (χ3v) is 6.56. The van der Waals surface area contributed by atoms with Gasteiger partial charge in [-0.3, -0.25) is 14.5 Å². The van der Waals surface area contributed by atoms with E-state index < -0.39 is 0 Å². The molecule has 0 aliphatic carbocycles. The Kier molecular flexibility index (Phi) is 5.91. The van der Waals surface area contributed by atoms with Gasteiger partial charge in [-0.2, -0.15) is 0 Å². The highest BCUT2D eigenvalue weighted by Gasteiger charge is 2.41. The molecular formula is C20H32N4O2S. The van der Waals surface area contributed by atoms with Crippen LogP contribution in [-0.4, -0.2) is 52.4 Å². The molecule has 6 nitrogen and oxygen atoms in total. The van der Waals surface area contributed by atoms with Gasteiger partial charge in [0.25, 0.3) is 5.91 Å². The number of hydrogen-bond donors (Lipinski definition) is 2. The van der Waals surface area contributed by atoms with Crippen molar-refractivity contribution in [2.75, 3.05) is 13.1 Å². The van der Waals surface area contributed by atoms with Crippen molar-refractivity contribution in [1.82, 2.24) is 20.5 Å². The predicted octanol–water partition coefficient (Wildman–Crippen LogP) is 2.65. The van der Waals surface area contributed by atoms with Crippen molar-refractivity contribution in [3.05, 3.63) is 15.6 Å². The van der Waals surface area contributed by atoms with Gasteiger partial charge in [0.1, 0.15) is 4.88 Å². The summed E-state index contributed by atoms with van der Waals surface area (Å²) in [6.07, 6.45) is 4.43. The first-order chi connectivity index (χ1) is 12.6. The quantitative estimate of drug-likeness (QED) is 0.808. The van der Waals surface area contributed by atoms with Crippen LogP contribution in [0.3, 0.4) is 0 Å². The lowest BCUT2D eigenvalue weighted by Crippen LogP contribution is -2.52. The zero-order valence-corrected chi connectivity index (χ0v) is 17.9. The number of amides is 2. The summed E-state index contributed by atoms with van der Waals surface area (Å²) in [5, 5.41) is 7.11. The van der Waals surface area contributed by atoms with Crippen LogP contribution < -0.4 is 10.6 Å². The van der Waals surface area contributed by atoms with Crippen molar-refractivity contribution in [3.8, 4) is 0 Å². The van der Waals surface area contributed by atoms with Crippen LogP contribution in [0.25, 0.3) is 0 Å². The van der Waals surface area contributed by atoms with Crippen molar-refractivity contribution >= 4 is 23.2 Å². The molecule has 2 fully saturated rings. The van der Waals surface area contributed by atoms with Crippen LogP contribution in [-0.2, 0) is 4.79 Å². The summed E-state index contributed by atoms with van der Waals surface area (Å²) in [5.41, 5.74) is 0.626. The molecule has 2 aliphatic heterocycles. The first-order valence-corrected chi connectivity index (χ1v) is 10.7. The van der Waals surface area contributed by atoms with E-state index in [0.29, 0.717) is 31.1 Å². The number of fused-ring (bicyclic) bond motifs is 2. The number of nitrogens with one attached hydrogen (secondary N) is 2. The van der Waals surface area contributed by atoms with Gasteiger partial charge in [0.05, 0.1) is 17.2 Å². The SMILES string of the molecule is Cc1nc(C)c(C(=O)NCC2C[C@H]3CC[C@@H](C2)N3CC(=O)NC(C)(C)C)s1. The van der Waals surface area contributed by atoms with Gasteiger partial charge in [-0.25, -0.2) is 4.98 Å². The van der Waals surface area contributed by atoms with Gasteiger partial charge in [-0.15, -0.1) is 11.3 Å². The van der Waals surface area contributed by atoms with Crippen LogP contribution in [0.5, 0.6) is 0 Å². The molecule has 150 valence electrons. The standard InChI is InChI=1S/C20H32N4O2S/c1-12-18(27-13(2)22-12)19(26)21-10-14-8-15-6-7-16(9-14)24(15)11-17(25)23-20(3,4)5/h14-16H,6-11H2,1-5H3,(H,21,26)(H,23,25)/t14?,15-,16+. The zero-order valence-electron chi connectivity index (χ0n) is 17.1. The molecule has 3 atom stereocenters. The fraction of sp³-hybridized carbons (Fsp3) is 0.750. The number of aromatic nitrogens is 1. The van der Waals surface area contributed by atoms with E-state index in [2.05, 4.69) is 20.5 Å². The maximum Gasteiger partial charge on any atom is 0.263 e. The van der Waals surface area contributed by atoms with Crippen molar-refractivity contribution in [2.24, 2.45) is 5.92 Å². The van der Waals surface area contributed by atoms with E-state index in [0.717, 1.165) is 41.3 Å². The summed E-state index contributed by atoms with van der Waals surface area (Å²) in [7, 11) is 0. The van der Waals surface area contributed by atoms with Crippen molar-refractivity contribution in [3.63, 3.8) is 0 Å². The monoisotopic (exact) mass is 392 g/mol. The van der Waals surface area contributed by atoms with Gasteiger partial charge in [-0.05, 0) is 66.2 Å². The van der Waals surface area contributed by atoms with Gasteiger partial charge in [0, 0.05) is 24.2 Å². The van der Waals surface area contributed by atoms with E-state index in [9.17, 15) is 9.59 Å². The summed E-state index contributed by atoms with van der Waals surface area (Å²) < 4.78 is 0. The first kappa shape index (κ1) is 20.3. The molecule has 0 radical (unpaired) electrons. The second kappa shape index (κ2) is 7.87. The van der Waals surface area contributed by atoms with Gasteiger partial charge in [0.15, 0.2) is 0 Å². The van der Waals surface area contributed by atoms with Gasteiger partial charge in [0.2, 0.25) is 5.91 Å². The van der Waals surface area contributed by atoms with Crippen LogP contribution in [0.2, 0.25) is 0 Å². The normalized spacial score (nSPS) is 25.4. The van der Waals surface area contributed by atoms with Crippen LogP contribution in [0, 0.1) is 19.8 Å². The Morgan fingerprint density at radius 3 is 2.33 bits per heavy atom. The molecule has 1 aromatic heterocycles.